The summed E-state index contributed by atoms with van der Waals surface area (Å²) in [7, 11) is 1.31. The Hall–Kier alpha value is -4.13. The van der Waals surface area contributed by atoms with Gasteiger partial charge in [-0.25, -0.2) is 5.43 Å². The van der Waals surface area contributed by atoms with Crippen LogP contribution in [0.15, 0.2) is 29.1 Å². The third kappa shape index (κ3) is 13.1. The van der Waals surface area contributed by atoms with Gasteiger partial charge in [0.15, 0.2) is 17.9 Å². The number of ketones is 2. The van der Waals surface area contributed by atoms with Crippen LogP contribution in [-0.4, -0.2) is 204 Å². The van der Waals surface area contributed by atoms with Crippen LogP contribution in [0.25, 0.3) is 0 Å². The molecule has 3 aliphatic carbocycles. The van der Waals surface area contributed by atoms with E-state index in [1.54, 1.807) is 0 Å². The summed E-state index contributed by atoms with van der Waals surface area (Å²) in [5.74, 6) is -9.60. The van der Waals surface area contributed by atoms with E-state index >= 15 is 0 Å². The quantitative estimate of drug-likeness (QED) is 0.0203. The van der Waals surface area contributed by atoms with E-state index in [1.807, 2.05) is 40.4 Å². The fourth-order valence-corrected chi connectivity index (χ4v) is 15.1. The summed E-state index contributed by atoms with van der Waals surface area (Å²) in [6.45, 7) is -1.72. The largest absolute Gasteiger partial charge is 0.0111 e. The minimum atomic E-state index is -2.33. The average Bonchev–Trinajstić information content (AvgIpc) is 3.76. The maximum Gasteiger partial charge on any atom is 0.0111 e. The van der Waals surface area contributed by atoms with Crippen LogP contribution in [0.4, 0.5) is 4.79 Å². The Labute approximate surface area is 450 Å². The Morgan fingerprint density at radius 1 is 0.959 bits per heavy atom. The smallest absolute Gasteiger partial charge is 0.0111 e. The van der Waals surface area contributed by atoms with Crippen LogP contribution >= 0.6 is 40.4 Å². The molecule has 7 unspecified atom stereocenters. The van der Waals surface area contributed by atoms with Crippen LogP contribution in [0.2, 0.25) is 0 Å². The number of hydrogen-bond acceptors (Lipinski definition) is 20. The van der Waals surface area contributed by atoms with Crippen molar-refractivity contribution in [3.8, 4) is 11.5 Å². The number of allylic oxidation sites excluding steroid dienone is 4. The Morgan fingerprint density at radius 3 is 2.29 bits per heavy atom. The third-order valence-corrected chi connectivity index (χ3v) is 23.2. The number of aliphatic hydroxyl groups excluding tert-OH is 3. The number of fused-ring (bicyclic) bond motifs is 3. The minimum absolute atomic E-state index is 0.00758. The molecule has 6 rings (SSSR count). The topological polar surface area (TPSA) is 404 Å². The van der Waals surface area contributed by atoms with Crippen LogP contribution in [0.3, 0.4) is 0 Å². The van der Waals surface area contributed by atoms with E-state index in [2.05, 4.69) is 31.8 Å². The van der Waals surface area contributed by atoms with E-state index in [0.29, 0.717) is 0 Å². The molecule has 73 heavy (non-hydrogen) atoms. The van der Waals surface area contributed by atoms with E-state index < -0.39 is 205 Å². The summed E-state index contributed by atoms with van der Waals surface area (Å²) in [6.07, 6.45) is -3.23. The number of hydrazone groups is 1. The van der Waals surface area contributed by atoms with E-state index in [-0.39, 0.29) is 45.6 Å². The van der Waals surface area contributed by atoms with Crippen LogP contribution in [0.1, 0.15) is 70.6 Å². The molecule has 0 spiro atoms. The zero-order valence-corrected chi connectivity index (χ0v) is 49.6. The molecule has 2 heterocycles. The van der Waals surface area contributed by atoms with Crippen LogP contribution < -0.4 is 32.4 Å². The molecular weight excluding hydrogens is 1320 g/mol. The molecule has 2 aliphatic heterocycles. The van der Waals surface area contributed by atoms with Gasteiger partial charge in [0.05, 0.1) is 60.7 Å². The number of phenolic OH excluding ortho intramolecular Hbond substituents is 2. The summed E-state index contributed by atoms with van der Waals surface area (Å²) in [5.41, 5.74) is 3.91. The second-order valence-electron chi connectivity index (χ2n) is 18.0. The number of rotatable bonds is 19. The molecule has 398 valence electrons. The number of amides is 6. The van der Waals surface area contributed by atoms with E-state index in [9.17, 15) is 73.8 Å². The zero-order chi connectivity index (χ0) is 53.6. The minimum Gasteiger partial charge on any atom is 0.0111 e. The first kappa shape index (κ1) is 58.1. The number of β-amino-alcohol motifs (C(OH)–C–C–N with tert-alkyl or cyclic N) is 1. The number of carbonyl (C=O) groups is 9. The summed E-state index contributed by atoms with van der Waals surface area (Å²) in [4.78, 5) is 119. The molecule has 11 atom stereocenters. The molecule has 1 aromatic rings. The van der Waals surface area contributed by atoms with Crippen LogP contribution in [0.5, 0.6) is 11.5 Å². The summed E-state index contributed by atoms with van der Waals surface area (Å²) in [5, 5.41) is 80.6. The Kier molecular flexibility index (Phi) is 20.0. The van der Waals surface area contributed by atoms with E-state index in [0.717, 1.165) is 4.90 Å². The zero-order valence-electron chi connectivity index (χ0n) is 39.3. The van der Waals surface area contributed by atoms with Gasteiger partial charge in [0.25, 0.3) is 5.91 Å². The van der Waals surface area contributed by atoms with Gasteiger partial charge in [-0.1, -0.05) is 12.2 Å². The van der Waals surface area contributed by atoms with Gasteiger partial charge in [0.2, 0.25) is 0 Å². The Bertz CT molecular complexity index is 2510. The van der Waals surface area contributed by atoms with Crippen molar-refractivity contribution in [1.29, 1.82) is 0 Å². The molecule has 0 aromatic heterocycles. The van der Waals surface area contributed by atoms with Gasteiger partial charge in [-0.3, -0.25) is 14.4 Å². The summed E-state index contributed by atoms with van der Waals surface area (Å²) >= 11 is 0.622. The molecule has 0 saturated carbocycles. The fraction of sp³-hybridized carbons (Fsp3) is 0.535. The molecule has 5 aliphatic rings. The Balaban J connectivity index is 1.15. The monoisotopic (exact) mass is 1370 g/mol. The number of ether oxygens (including phenoxy) is 3. The number of Topliss-reactive ketones (excluding diaryl/α,β-unsaturated/α-hetero) is 2. The molecule has 1 aromatic carbocycles. The van der Waals surface area contributed by atoms with Gasteiger partial charge >= 0.3 is 215 Å². The second-order valence-corrected chi connectivity index (χ2v) is 29.8. The number of nitrogens with one attached hydrogen (secondary N) is 5. The molecule has 2 saturated heterocycles. The van der Waals surface area contributed by atoms with Crippen molar-refractivity contribution in [2.75, 3.05) is 39.9 Å². The number of benzene rings is 1. The maximum atomic E-state index is 14.1. The standard InChI is InChI=1S/C43H56Ge2I2N8O18/c1-16-35(62)20(48)7-30(72-16)73-24-10-43(70,9-19-32(24)39(66)34-33(37(19)64)36(63)18-4-3-5-23(71-2)31(18)38(34)65)25(15-56)53-54-29(61)13-50-27(59)11-49-26(58)8-21(52-28(60)12-51-42(69)45-47)41(68)55-14-17(57)6-22(55)40(67)44-46/h3-5,16-18,20-22,24,30-31,35,56-57,62,64,66,70H,6-15,44-45,48H2,1-2H3,(H,49,58)(H,50,59)(H,51,69)(H,52,60)(H,54,61)/t16?,17?,18?,20-,21?,22?,24+,30?,31?,35-,43+/m1/s1. The fourth-order valence-electron chi connectivity index (χ4n) is 9.43. The van der Waals surface area contributed by atoms with Gasteiger partial charge in [0, 0.05) is 36.4 Å². The van der Waals surface area contributed by atoms with Gasteiger partial charge in [-0.2, -0.15) is 5.10 Å². The number of halogens is 2. The van der Waals surface area contributed by atoms with Gasteiger partial charge < -0.3 is 45.5 Å². The van der Waals surface area contributed by atoms with Crippen LogP contribution in [-0.2, 0) is 49.4 Å². The number of hydrogen-bond donors (Lipinski definition) is 12. The van der Waals surface area contributed by atoms with Crippen molar-refractivity contribution in [3.05, 3.63) is 46.2 Å². The maximum absolute atomic E-state index is 14.1. The molecule has 2 fully saturated rings. The first-order chi connectivity index (χ1) is 34.6. The second kappa shape index (κ2) is 25.1. The third-order valence-electron chi connectivity index (χ3n) is 13.1. The van der Waals surface area contributed by atoms with Gasteiger partial charge in [-0.05, 0) is 13.0 Å². The van der Waals surface area contributed by atoms with Crippen molar-refractivity contribution < 1.29 is 88.0 Å². The molecule has 13 N–H and O–H groups in total. The number of carbonyl (C=O) groups excluding carboxylic acids is 9. The summed E-state index contributed by atoms with van der Waals surface area (Å²) < 4.78 is 17.0. The number of aromatic hydroxyl groups is 2. The van der Waals surface area contributed by atoms with Crippen LogP contribution in [0, 0.1) is 11.8 Å². The van der Waals surface area contributed by atoms with E-state index in [4.69, 9.17) is 19.9 Å². The van der Waals surface area contributed by atoms with Gasteiger partial charge in [0.1, 0.15) is 22.9 Å². The first-order valence-corrected chi connectivity index (χ1v) is 43.9. The Morgan fingerprint density at radius 2 is 1.63 bits per heavy atom. The predicted molar refractivity (Wildman–Crippen MR) is 275 cm³/mol. The van der Waals surface area contributed by atoms with E-state index in [1.165, 1.54) is 32.3 Å². The van der Waals surface area contributed by atoms with Crippen molar-refractivity contribution >= 4 is 121 Å². The normalized spacial score (nSPS) is 28.2. The first-order valence-electron chi connectivity index (χ1n) is 22.8. The molecule has 26 nitrogen and oxygen atoms in total. The molecular formula is C43H56Ge2I2N8O18. The number of nitrogens with zero attached hydrogens (tertiary/aromatic N) is 2. The van der Waals surface area contributed by atoms with Crippen molar-refractivity contribution in [1.82, 2.24) is 31.6 Å². The summed E-state index contributed by atoms with van der Waals surface area (Å²) in [6, 6.07) is -3.33. The SMILES string of the molecule is COC1=CC=CC2C(=O)c3c(O)c4c(c(O)c3C(=O)C12)[C@@H](OC1C[C@@H](N)[C@H](O)C(C)O1)C[C@](O)(C(CO)=NNC(=O)CNC(=O)CNC(=O)CC(NC(=O)CN[C](=O)[GeH2][I])C(=O)N1CC(O)CC1[C](=O)[GeH2][I])C4. The van der Waals surface area contributed by atoms with Crippen molar-refractivity contribution in [2.45, 2.75) is 93.5 Å². The number of likely N-dealkylation sites (tertiary alicyclic amines) is 1. The van der Waals surface area contributed by atoms with Gasteiger partial charge in [-0.15, -0.1) is 0 Å². The predicted octanol–water partition coefficient (Wildman–Crippen LogP) is -4.83. The number of aliphatic hydroxyl groups is 4. The number of phenols is 2. The number of methoxy groups -OCH3 is 1. The number of nitrogens with two attached hydrogens (primary N) is 1. The molecule has 0 bridgehead atoms. The average molecular weight is 1370 g/mol. The van der Waals surface area contributed by atoms with Crippen molar-refractivity contribution in [3.63, 3.8) is 0 Å². The molecule has 0 radical (unpaired) electrons. The molecule has 6 amide bonds. The van der Waals surface area contributed by atoms with Crippen molar-refractivity contribution in [2.24, 2.45) is 22.7 Å². The molecule has 30 heteroatoms.